The van der Waals surface area contributed by atoms with Gasteiger partial charge in [0.15, 0.2) is 11.7 Å². The molecule has 0 radical (unpaired) electrons. The monoisotopic (exact) mass is 322 g/mol. The molecule has 128 valence electrons. The zero-order valence-corrected chi connectivity index (χ0v) is 14.2. The maximum Gasteiger partial charge on any atom is 0.320 e. The third-order valence-corrected chi connectivity index (χ3v) is 5.14. The minimum atomic E-state index is -0.891. The van der Waals surface area contributed by atoms with E-state index >= 15 is 0 Å². The number of allylic oxidation sites excluding steroid dienone is 2. The number of ether oxygens (including phenoxy) is 2. The maximum absolute atomic E-state index is 12.3. The van der Waals surface area contributed by atoms with Crippen LogP contribution >= 0.6 is 0 Å². The van der Waals surface area contributed by atoms with Crippen LogP contribution in [-0.2, 0) is 23.9 Å². The van der Waals surface area contributed by atoms with Crippen molar-refractivity contribution in [3.8, 4) is 0 Å². The Labute approximate surface area is 137 Å². The van der Waals surface area contributed by atoms with Crippen LogP contribution in [0.15, 0.2) is 11.6 Å². The molecular weight excluding hydrogens is 296 g/mol. The molecule has 1 fully saturated rings. The highest BCUT2D eigenvalue weighted by Crippen LogP contribution is 2.50. The van der Waals surface area contributed by atoms with Gasteiger partial charge < -0.3 is 9.47 Å². The quantitative estimate of drug-likeness (QED) is 0.575. The summed E-state index contributed by atoms with van der Waals surface area (Å²) in [6.07, 6.45) is 5.40. The van der Waals surface area contributed by atoms with Crippen molar-refractivity contribution >= 4 is 17.7 Å². The van der Waals surface area contributed by atoms with Crippen LogP contribution in [0.1, 0.15) is 52.9 Å². The molecule has 0 aliphatic heterocycles. The van der Waals surface area contributed by atoms with Crippen LogP contribution < -0.4 is 0 Å². The Morgan fingerprint density at radius 3 is 2.39 bits per heavy atom. The van der Waals surface area contributed by atoms with Gasteiger partial charge in [-0.25, -0.2) is 0 Å². The van der Waals surface area contributed by atoms with Crippen molar-refractivity contribution in [3.63, 3.8) is 0 Å². The van der Waals surface area contributed by atoms with Gasteiger partial charge in [-0.3, -0.25) is 14.4 Å². The average molecular weight is 322 g/mol. The smallest absolute Gasteiger partial charge is 0.320 e. The van der Waals surface area contributed by atoms with Gasteiger partial charge in [-0.05, 0) is 56.9 Å². The summed E-state index contributed by atoms with van der Waals surface area (Å²) >= 11 is 0. The first kappa shape index (κ1) is 17.7. The number of ketones is 1. The number of esters is 2. The van der Waals surface area contributed by atoms with Gasteiger partial charge in [0, 0.05) is 6.42 Å². The second kappa shape index (κ2) is 7.28. The third-order valence-electron chi connectivity index (χ3n) is 5.14. The van der Waals surface area contributed by atoms with Gasteiger partial charge >= 0.3 is 11.9 Å². The lowest BCUT2D eigenvalue weighted by molar-refractivity contribution is -0.165. The summed E-state index contributed by atoms with van der Waals surface area (Å²) in [6.45, 7) is 6.09. The molecule has 1 saturated carbocycles. The molecule has 23 heavy (non-hydrogen) atoms. The Morgan fingerprint density at radius 1 is 1.22 bits per heavy atom. The summed E-state index contributed by atoms with van der Waals surface area (Å²) in [5, 5.41) is 0. The van der Waals surface area contributed by atoms with Gasteiger partial charge in [0.1, 0.15) is 0 Å². The third kappa shape index (κ3) is 3.82. The fourth-order valence-electron chi connectivity index (χ4n) is 3.71. The van der Waals surface area contributed by atoms with E-state index in [2.05, 4.69) is 6.92 Å². The summed E-state index contributed by atoms with van der Waals surface area (Å²) in [5.41, 5.74) is 1.10. The summed E-state index contributed by atoms with van der Waals surface area (Å²) in [4.78, 5) is 36.3. The first-order valence-electron chi connectivity index (χ1n) is 8.48. The largest absolute Gasteiger partial charge is 0.465 e. The van der Waals surface area contributed by atoms with E-state index in [0.29, 0.717) is 12.8 Å². The summed E-state index contributed by atoms with van der Waals surface area (Å²) < 4.78 is 10.2. The van der Waals surface area contributed by atoms with Crippen molar-refractivity contribution in [3.05, 3.63) is 11.6 Å². The molecule has 5 nitrogen and oxygen atoms in total. The van der Waals surface area contributed by atoms with Crippen LogP contribution in [0.25, 0.3) is 0 Å². The Balaban J connectivity index is 2.21. The summed E-state index contributed by atoms with van der Waals surface area (Å²) in [5.74, 6) is -1.93. The van der Waals surface area contributed by atoms with Crippen molar-refractivity contribution in [2.45, 2.75) is 52.9 Å². The highest BCUT2D eigenvalue weighted by molar-refractivity contribution is 5.95. The van der Waals surface area contributed by atoms with Gasteiger partial charge in [-0.1, -0.05) is 12.5 Å². The van der Waals surface area contributed by atoms with E-state index in [0.717, 1.165) is 24.8 Å². The Hall–Kier alpha value is -1.65. The number of hydrogen-bond acceptors (Lipinski definition) is 5. The molecule has 0 aromatic heterocycles. The molecule has 2 aliphatic carbocycles. The van der Waals surface area contributed by atoms with Gasteiger partial charge in [-0.15, -0.1) is 0 Å². The molecule has 0 unspecified atom stereocenters. The fraction of sp³-hybridized carbons (Fsp3) is 0.722. The summed E-state index contributed by atoms with van der Waals surface area (Å²) in [6, 6.07) is 0. The minimum absolute atomic E-state index is 0.0261. The first-order valence-corrected chi connectivity index (χ1v) is 8.48. The van der Waals surface area contributed by atoms with Gasteiger partial charge in [0.05, 0.1) is 13.2 Å². The maximum atomic E-state index is 12.3. The molecule has 0 spiro atoms. The lowest BCUT2D eigenvalue weighted by Gasteiger charge is -2.43. The van der Waals surface area contributed by atoms with Gasteiger partial charge in [-0.2, -0.15) is 0 Å². The zero-order chi connectivity index (χ0) is 17.0. The molecule has 0 aromatic carbocycles. The highest BCUT2D eigenvalue weighted by atomic mass is 16.6. The molecule has 2 atom stereocenters. The van der Waals surface area contributed by atoms with E-state index in [1.165, 1.54) is 0 Å². The van der Waals surface area contributed by atoms with Crippen LogP contribution in [-0.4, -0.2) is 30.9 Å². The molecule has 0 saturated heterocycles. The van der Waals surface area contributed by atoms with Gasteiger partial charge in [0.2, 0.25) is 0 Å². The van der Waals surface area contributed by atoms with Crippen molar-refractivity contribution in [2.24, 2.45) is 17.3 Å². The predicted molar refractivity (Wildman–Crippen MR) is 84.5 cm³/mol. The van der Waals surface area contributed by atoms with Gasteiger partial charge in [0.25, 0.3) is 0 Å². The minimum Gasteiger partial charge on any atom is -0.465 e. The molecular formula is C18H26O5. The highest BCUT2D eigenvalue weighted by Gasteiger charge is 2.45. The molecule has 0 aromatic rings. The molecule has 2 aliphatic rings. The zero-order valence-electron chi connectivity index (χ0n) is 14.2. The predicted octanol–water partition coefficient (Wildman–Crippen LogP) is 2.82. The Morgan fingerprint density at radius 2 is 1.83 bits per heavy atom. The van der Waals surface area contributed by atoms with Crippen LogP contribution in [0, 0.1) is 17.3 Å². The van der Waals surface area contributed by atoms with Crippen molar-refractivity contribution in [1.82, 2.24) is 0 Å². The van der Waals surface area contributed by atoms with E-state index in [4.69, 9.17) is 9.47 Å². The fourth-order valence-corrected chi connectivity index (χ4v) is 3.71. The normalized spacial score (nSPS) is 27.2. The molecule has 0 amide bonds. The van der Waals surface area contributed by atoms with Crippen molar-refractivity contribution in [1.29, 1.82) is 0 Å². The molecule has 0 N–H and O–H groups in total. The SMILES string of the molecule is CCOC(=O)C(C(=O)OCC)[C@@H]1CC[C@@]2(C)CCC(=O)C=C2C1. The number of hydrogen-bond donors (Lipinski definition) is 0. The van der Waals surface area contributed by atoms with Crippen LogP contribution in [0.2, 0.25) is 0 Å². The molecule has 0 bridgehead atoms. The number of carbonyl (C=O) groups excluding carboxylic acids is 3. The Bertz CT molecular complexity index is 504. The lowest BCUT2D eigenvalue weighted by Crippen LogP contribution is -2.40. The van der Waals surface area contributed by atoms with Crippen molar-refractivity contribution < 1.29 is 23.9 Å². The average Bonchev–Trinajstić information content (AvgIpc) is 2.49. The van der Waals surface area contributed by atoms with E-state index in [1.807, 2.05) is 0 Å². The second-order valence-electron chi connectivity index (χ2n) is 6.68. The topological polar surface area (TPSA) is 69.7 Å². The van der Waals surface area contributed by atoms with Crippen LogP contribution in [0.5, 0.6) is 0 Å². The van der Waals surface area contributed by atoms with E-state index < -0.39 is 17.9 Å². The van der Waals surface area contributed by atoms with E-state index in [9.17, 15) is 14.4 Å². The lowest BCUT2D eigenvalue weighted by atomic mass is 9.61. The summed E-state index contributed by atoms with van der Waals surface area (Å²) in [7, 11) is 0. The number of fused-ring (bicyclic) bond motifs is 1. The second-order valence-corrected chi connectivity index (χ2v) is 6.68. The van der Waals surface area contributed by atoms with Crippen molar-refractivity contribution in [2.75, 3.05) is 13.2 Å². The number of carbonyl (C=O) groups is 3. The van der Waals surface area contributed by atoms with Crippen LogP contribution in [0.4, 0.5) is 0 Å². The molecule has 0 heterocycles. The first-order chi connectivity index (χ1) is 10.9. The van der Waals surface area contributed by atoms with E-state index in [-0.39, 0.29) is 30.3 Å². The van der Waals surface area contributed by atoms with E-state index in [1.54, 1.807) is 19.9 Å². The standard InChI is InChI=1S/C18H26O5/c1-4-22-16(20)15(17(21)23-5-2)12-6-8-18(3)9-7-14(19)11-13(18)10-12/h11-12,15H,4-10H2,1-3H3/t12-,18+/m1/s1. The van der Waals surface area contributed by atoms with Crippen LogP contribution in [0.3, 0.4) is 0 Å². The molecule has 2 rings (SSSR count). The molecule has 5 heteroatoms. The number of rotatable bonds is 5. The Kier molecular flexibility index (Phi) is 5.60.